The van der Waals surface area contributed by atoms with Crippen LogP contribution in [0.1, 0.15) is 0 Å². The first-order valence-corrected chi connectivity index (χ1v) is 7.18. The number of anilines is 1. The normalized spacial score (nSPS) is 13.8. The number of nitrogens with one attached hydrogen (secondary N) is 1. The van der Waals surface area contributed by atoms with Gasteiger partial charge < -0.3 is 10.4 Å². The largest absolute Gasteiger partial charge is 0.480 e. The SMILES string of the molecule is O=C(O)[C@@H](Br)[C@H](Br)C(=O)Nc1ccc(Cl)c(Cl)c1. The molecule has 0 aliphatic rings. The summed E-state index contributed by atoms with van der Waals surface area (Å²) in [5, 5.41) is 11.9. The molecule has 8 heteroatoms. The van der Waals surface area contributed by atoms with Gasteiger partial charge in [-0.15, -0.1) is 0 Å². The molecule has 2 N–H and O–H groups in total. The molecule has 98 valence electrons. The van der Waals surface area contributed by atoms with Crippen LogP contribution in [0.2, 0.25) is 10.0 Å². The lowest BCUT2D eigenvalue weighted by Gasteiger charge is -2.13. The molecule has 2 atom stereocenters. The van der Waals surface area contributed by atoms with Crippen molar-refractivity contribution in [2.75, 3.05) is 5.32 Å². The van der Waals surface area contributed by atoms with Gasteiger partial charge in [0.15, 0.2) is 0 Å². The summed E-state index contributed by atoms with van der Waals surface area (Å²) >= 11 is 17.4. The molecule has 0 radical (unpaired) electrons. The van der Waals surface area contributed by atoms with Crippen molar-refractivity contribution in [1.29, 1.82) is 0 Å². The zero-order valence-electron chi connectivity index (χ0n) is 8.66. The quantitative estimate of drug-likeness (QED) is 0.733. The third-order valence-electron chi connectivity index (χ3n) is 1.93. The van der Waals surface area contributed by atoms with Crippen molar-refractivity contribution in [2.45, 2.75) is 9.65 Å². The molecule has 18 heavy (non-hydrogen) atoms. The summed E-state index contributed by atoms with van der Waals surface area (Å²) in [6, 6.07) is 4.58. The molecule has 0 saturated carbocycles. The van der Waals surface area contributed by atoms with Crippen molar-refractivity contribution >= 4 is 72.6 Å². The van der Waals surface area contributed by atoms with Crippen molar-refractivity contribution in [3.8, 4) is 0 Å². The average Bonchev–Trinajstić information content (AvgIpc) is 2.31. The number of carboxylic acid groups (broad SMARTS) is 1. The number of benzene rings is 1. The van der Waals surface area contributed by atoms with Crippen molar-refractivity contribution in [2.24, 2.45) is 0 Å². The van der Waals surface area contributed by atoms with Crippen molar-refractivity contribution in [1.82, 2.24) is 0 Å². The molecule has 0 unspecified atom stereocenters. The molecule has 1 amide bonds. The molecule has 0 aliphatic heterocycles. The Kier molecular flexibility index (Phi) is 5.91. The second kappa shape index (κ2) is 6.75. The minimum atomic E-state index is -1.14. The van der Waals surface area contributed by atoms with Gasteiger partial charge in [0.1, 0.15) is 9.65 Å². The predicted octanol–water partition coefficient (Wildman–Crippen LogP) is 3.54. The Labute approximate surface area is 130 Å². The molecular formula is C10H7Br2Cl2NO3. The highest BCUT2D eigenvalue weighted by molar-refractivity contribution is 9.12. The maximum absolute atomic E-state index is 11.7. The molecule has 0 saturated heterocycles. The highest BCUT2D eigenvalue weighted by Crippen LogP contribution is 2.25. The topological polar surface area (TPSA) is 66.4 Å². The second-order valence-electron chi connectivity index (χ2n) is 3.26. The molecule has 4 nitrogen and oxygen atoms in total. The van der Waals surface area contributed by atoms with E-state index in [-0.39, 0.29) is 0 Å². The predicted molar refractivity (Wildman–Crippen MR) is 78.2 cm³/mol. The third-order valence-corrected chi connectivity index (χ3v) is 5.24. The lowest BCUT2D eigenvalue weighted by Crippen LogP contribution is -2.34. The van der Waals surface area contributed by atoms with Crippen LogP contribution in [-0.2, 0) is 9.59 Å². The lowest BCUT2D eigenvalue weighted by atomic mass is 10.2. The highest BCUT2D eigenvalue weighted by Gasteiger charge is 2.29. The zero-order chi connectivity index (χ0) is 13.9. The van der Waals surface area contributed by atoms with Crippen LogP contribution in [0.15, 0.2) is 18.2 Å². The van der Waals surface area contributed by atoms with Crippen LogP contribution in [-0.4, -0.2) is 26.6 Å². The number of carboxylic acids is 1. The summed E-state index contributed by atoms with van der Waals surface area (Å²) < 4.78 is 0. The summed E-state index contributed by atoms with van der Waals surface area (Å²) in [4.78, 5) is 20.5. The number of carbonyl (C=O) groups excluding carboxylic acids is 1. The van der Waals surface area contributed by atoms with Gasteiger partial charge >= 0.3 is 5.97 Å². The Morgan fingerprint density at radius 2 is 1.78 bits per heavy atom. The van der Waals surface area contributed by atoms with E-state index in [4.69, 9.17) is 28.3 Å². The van der Waals surface area contributed by atoms with E-state index in [0.29, 0.717) is 15.7 Å². The average molecular weight is 420 g/mol. The van der Waals surface area contributed by atoms with E-state index in [1.165, 1.54) is 12.1 Å². The third kappa shape index (κ3) is 4.12. The number of hydrogen-bond donors (Lipinski definition) is 2. The summed E-state index contributed by atoms with van der Waals surface area (Å²) in [7, 11) is 0. The maximum atomic E-state index is 11.7. The Balaban J connectivity index is 2.75. The van der Waals surface area contributed by atoms with Gasteiger partial charge in [0, 0.05) is 5.69 Å². The van der Waals surface area contributed by atoms with Gasteiger partial charge in [0.25, 0.3) is 0 Å². The fourth-order valence-corrected chi connectivity index (χ4v) is 1.92. The molecule has 0 heterocycles. The first kappa shape index (κ1) is 15.8. The summed E-state index contributed by atoms with van der Waals surface area (Å²) in [6.07, 6.45) is 0. The van der Waals surface area contributed by atoms with Crippen LogP contribution in [0, 0.1) is 0 Å². The fraction of sp³-hybridized carbons (Fsp3) is 0.200. The second-order valence-corrected chi connectivity index (χ2v) is 6.05. The molecule has 1 rings (SSSR count). The van der Waals surface area contributed by atoms with E-state index in [2.05, 4.69) is 37.2 Å². The number of halogens is 4. The van der Waals surface area contributed by atoms with Crippen LogP contribution >= 0.6 is 55.1 Å². The van der Waals surface area contributed by atoms with Crippen LogP contribution in [0.4, 0.5) is 5.69 Å². The number of carbonyl (C=O) groups is 2. The Bertz CT molecular complexity index is 484. The maximum Gasteiger partial charge on any atom is 0.318 e. The van der Waals surface area contributed by atoms with E-state index in [0.717, 1.165) is 0 Å². The van der Waals surface area contributed by atoms with Crippen molar-refractivity contribution < 1.29 is 14.7 Å². The van der Waals surface area contributed by atoms with E-state index in [1.807, 2.05) is 0 Å². The molecular weight excluding hydrogens is 413 g/mol. The van der Waals surface area contributed by atoms with E-state index >= 15 is 0 Å². The van der Waals surface area contributed by atoms with Gasteiger partial charge in [0.2, 0.25) is 5.91 Å². The van der Waals surface area contributed by atoms with Crippen molar-refractivity contribution in [3.05, 3.63) is 28.2 Å². The van der Waals surface area contributed by atoms with Gasteiger partial charge in [-0.1, -0.05) is 55.1 Å². The van der Waals surface area contributed by atoms with Gasteiger partial charge in [-0.25, -0.2) is 0 Å². The van der Waals surface area contributed by atoms with Crippen molar-refractivity contribution in [3.63, 3.8) is 0 Å². The van der Waals surface area contributed by atoms with Gasteiger partial charge in [-0.2, -0.15) is 0 Å². The van der Waals surface area contributed by atoms with Gasteiger partial charge in [-0.3, -0.25) is 9.59 Å². The molecule has 0 aromatic heterocycles. The highest BCUT2D eigenvalue weighted by atomic mass is 79.9. The van der Waals surface area contributed by atoms with E-state index in [9.17, 15) is 9.59 Å². The molecule has 0 bridgehead atoms. The standard InChI is InChI=1S/C10H7Br2Cl2NO3/c11-7(8(12)10(17)18)9(16)15-4-1-2-5(13)6(14)3-4/h1-3,7-8H,(H,15,16)(H,17,18)/t7-,8-/m0/s1. The monoisotopic (exact) mass is 417 g/mol. The minimum absolute atomic E-state index is 0.300. The molecule has 0 fully saturated rings. The Morgan fingerprint density at radius 1 is 1.17 bits per heavy atom. The lowest BCUT2D eigenvalue weighted by molar-refractivity contribution is -0.137. The zero-order valence-corrected chi connectivity index (χ0v) is 13.3. The van der Waals surface area contributed by atoms with E-state index < -0.39 is 21.5 Å². The van der Waals surface area contributed by atoms with Gasteiger partial charge in [0.05, 0.1) is 10.0 Å². The number of hydrogen-bond acceptors (Lipinski definition) is 2. The van der Waals surface area contributed by atoms with Gasteiger partial charge in [-0.05, 0) is 18.2 Å². The van der Waals surface area contributed by atoms with Crippen LogP contribution in [0.5, 0.6) is 0 Å². The summed E-state index contributed by atoms with van der Waals surface area (Å²) in [5.41, 5.74) is 0.434. The first-order valence-electron chi connectivity index (χ1n) is 4.59. The number of amides is 1. The number of alkyl halides is 2. The smallest absolute Gasteiger partial charge is 0.318 e. The number of aliphatic carboxylic acids is 1. The molecule has 0 aliphatic carbocycles. The summed E-state index contributed by atoms with van der Waals surface area (Å²) in [6.45, 7) is 0. The molecule has 1 aromatic rings. The summed E-state index contributed by atoms with van der Waals surface area (Å²) in [5.74, 6) is -1.64. The Hall–Kier alpha value is -0.300. The number of rotatable bonds is 4. The minimum Gasteiger partial charge on any atom is -0.480 e. The Morgan fingerprint density at radius 3 is 2.28 bits per heavy atom. The molecule has 1 aromatic carbocycles. The fourth-order valence-electron chi connectivity index (χ4n) is 1.04. The van der Waals surface area contributed by atoms with Crippen LogP contribution in [0.25, 0.3) is 0 Å². The first-order chi connectivity index (χ1) is 8.32. The molecule has 0 spiro atoms. The van der Waals surface area contributed by atoms with Crippen LogP contribution < -0.4 is 5.32 Å². The van der Waals surface area contributed by atoms with E-state index in [1.54, 1.807) is 6.07 Å². The van der Waals surface area contributed by atoms with Crippen LogP contribution in [0.3, 0.4) is 0 Å².